The van der Waals surface area contributed by atoms with Gasteiger partial charge in [-0.3, -0.25) is 9.52 Å². The van der Waals surface area contributed by atoms with Crippen molar-refractivity contribution in [2.45, 2.75) is 4.90 Å². The standard InChI is InChI=1S/C16H17ClN2O4S/c1-19(2)16(20)11-23-12-7-9-13(10-8-12)24(21,22)18-15-6-4-3-5-14(15)17/h3-10,18H,11H2,1-2H3. The molecule has 2 aromatic rings. The lowest BCUT2D eigenvalue weighted by Crippen LogP contribution is -2.27. The van der Waals surface area contributed by atoms with Gasteiger partial charge >= 0.3 is 0 Å². The van der Waals surface area contributed by atoms with Crippen LogP contribution in [0.3, 0.4) is 0 Å². The second-order valence-corrected chi connectivity index (χ2v) is 7.22. The maximum Gasteiger partial charge on any atom is 0.261 e. The summed E-state index contributed by atoms with van der Waals surface area (Å²) in [4.78, 5) is 12.9. The van der Waals surface area contributed by atoms with Gasteiger partial charge in [-0.1, -0.05) is 23.7 Å². The zero-order valence-electron chi connectivity index (χ0n) is 13.2. The van der Waals surface area contributed by atoms with E-state index in [1.807, 2.05) is 0 Å². The van der Waals surface area contributed by atoms with Crippen LogP contribution in [0.5, 0.6) is 5.75 Å². The lowest BCUT2D eigenvalue weighted by molar-refractivity contribution is -0.130. The van der Waals surface area contributed by atoms with Crippen LogP contribution in [0.4, 0.5) is 5.69 Å². The van der Waals surface area contributed by atoms with Gasteiger partial charge in [0.1, 0.15) is 5.75 Å². The van der Waals surface area contributed by atoms with Crippen LogP contribution in [-0.4, -0.2) is 39.9 Å². The number of hydrogen-bond acceptors (Lipinski definition) is 4. The Morgan fingerprint density at radius 1 is 1.12 bits per heavy atom. The van der Waals surface area contributed by atoms with Crippen molar-refractivity contribution in [2.24, 2.45) is 0 Å². The molecule has 0 saturated heterocycles. The molecule has 0 aromatic heterocycles. The Morgan fingerprint density at radius 2 is 1.75 bits per heavy atom. The zero-order chi connectivity index (χ0) is 17.7. The van der Waals surface area contributed by atoms with Crippen LogP contribution in [-0.2, 0) is 14.8 Å². The summed E-state index contributed by atoms with van der Waals surface area (Å²) < 4.78 is 32.4. The number of carbonyl (C=O) groups excluding carboxylic acids is 1. The molecule has 1 N–H and O–H groups in total. The minimum Gasteiger partial charge on any atom is -0.484 e. The Labute approximate surface area is 146 Å². The second kappa shape index (κ2) is 7.55. The molecule has 6 nitrogen and oxygen atoms in total. The van der Waals surface area contributed by atoms with Gasteiger partial charge in [-0.25, -0.2) is 8.42 Å². The van der Waals surface area contributed by atoms with Crippen LogP contribution in [0.2, 0.25) is 5.02 Å². The van der Waals surface area contributed by atoms with Gasteiger partial charge in [0.15, 0.2) is 6.61 Å². The number of benzene rings is 2. The van der Waals surface area contributed by atoms with E-state index < -0.39 is 10.0 Å². The van der Waals surface area contributed by atoms with Crippen LogP contribution >= 0.6 is 11.6 Å². The number of carbonyl (C=O) groups is 1. The molecule has 2 aromatic carbocycles. The number of rotatable bonds is 6. The van der Waals surface area contributed by atoms with E-state index in [0.717, 1.165) is 0 Å². The third-order valence-electron chi connectivity index (χ3n) is 3.11. The van der Waals surface area contributed by atoms with E-state index in [-0.39, 0.29) is 17.4 Å². The molecule has 8 heteroatoms. The lowest BCUT2D eigenvalue weighted by atomic mass is 10.3. The van der Waals surface area contributed by atoms with Crippen molar-refractivity contribution >= 4 is 33.2 Å². The average Bonchev–Trinajstić information content (AvgIpc) is 2.55. The zero-order valence-corrected chi connectivity index (χ0v) is 14.8. The molecular formula is C16H17ClN2O4S. The molecular weight excluding hydrogens is 352 g/mol. The Hall–Kier alpha value is -2.25. The van der Waals surface area contributed by atoms with E-state index in [2.05, 4.69) is 4.72 Å². The number of sulfonamides is 1. The molecule has 128 valence electrons. The summed E-state index contributed by atoms with van der Waals surface area (Å²) in [5, 5.41) is 0.309. The largest absolute Gasteiger partial charge is 0.484 e. The quantitative estimate of drug-likeness (QED) is 0.850. The normalized spacial score (nSPS) is 11.0. The van der Waals surface area contributed by atoms with E-state index in [1.54, 1.807) is 38.4 Å². The number of nitrogens with zero attached hydrogens (tertiary/aromatic N) is 1. The topological polar surface area (TPSA) is 75.7 Å². The molecule has 24 heavy (non-hydrogen) atoms. The van der Waals surface area contributed by atoms with E-state index >= 15 is 0 Å². The Bertz CT molecular complexity index is 820. The number of ether oxygens (including phenoxy) is 1. The Balaban J connectivity index is 2.09. The molecule has 0 aliphatic heterocycles. The lowest BCUT2D eigenvalue weighted by Gasteiger charge is -2.12. The molecule has 0 bridgehead atoms. The number of anilines is 1. The summed E-state index contributed by atoms with van der Waals surface area (Å²) in [6.45, 7) is -0.114. The molecule has 0 spiro atoms. The van der Waals surface area contributed by atoms with Crippen LogP contribution in [0, 0.1) is 0 Å². The van der Waals surface area contributed by atoms with Crippen LogP contribution in [0.15, 0.2) is 53.4 Å². The highest BCUT2D eigenvalue weighted by atomic mass is 35.5. The summed E-state index contributed by atoms with van der Waals surface area (Å²) in [6.07, 6.45) is 0. The highest BCUT2D eigenvalue weighted by Gasteiger charge is 2.15. The first kappa shape index (κ1) is 18.1. The van der Waals surface area contributed by atoms with Gasteiger partial charge in [0.25, 0.3) is 15.9 Å². The number of likely N-dealkylation sites (N-methyl/N-ethyl adjacent to an activating group) is 1. The molecule has 0 saturated carbocycles. The van der Waals surface area contributed by atoms with Crippen molar-refractivity contribution in [1.29, 1.82) is 0 Å². The van der Waals surface area contributed by atoms with Crippen molar-refractivity contribution in [3.8, 4) is 5.75 Å². The summed E-state index contributed by atoms with van der Waals surface area (Å²) in [5.74, 6) is 0.217. The van der Waals surface area contributed by atoms with Gasteiger partial charge in [-0.2, -0.15) is 0 Å². The van der Waals surface area contributed by atoms with E-state index in [4.69, 9.17) is 16.3 Å². The molecule has 2 rings (SSSR count). The highest BCUT2D eigenvalue weighted by molar-refractivity contribution is 7.92. The number of para-hydroxylation sites is 1. The Morgan fingerprint density at radius 3 is 2.33 bits per heavy atom. The fourth-order valence-electron chi connectivity index (χ4n) is 1.74. The van der Waals surface area contributed by atoms with Crippen molar-refractivity contribution in [1.82, 2.24) is 4.90 Å². The Kier molecular flexibility index (Phi) is 5.69. The highest BCUT2D eigenvalue weighted by Crippen LogP contribution is 2.24. The average molecular weight is 369 g/mol. The van der Waals surface area contributed by atoms with Crippen LogP contribution < -0.4 is 9.46 Å². The molecule has 0 atom stereocenters. The molecule has 0 radical (unpaired) electrons. The minimum atomic E-state index is -3.76. The number of hydrogen-bond donors (Lipinski definition) is 1. The summed E-state index contributed by atoms with van der Waals surface area (Å²) in [7, 11) is -0.509. The van der Waals surface area contributed by atoms with Crippen molar-refractivity contribution < 1.29 is 17.9 Å². The third kappa shape index (κ3) is 4.62. The number of amides is 1. The first-order valence-corrected chi connectivity index (χ1v) is 8.86. The predicted octanol–water partition coefficient (Wildman–Crippen LogP) is 2.61. The van der Waals surface area contributed by atoms with Gasteiger partial charge in [-0.15, -0.1) is 0 Å². The molecule has 0 unspecified atom stereocenters. The number of halogens is 1. The SMILES string of the molecule is CN(C)C(=O)COc1ccc(S(=O)(=O)Nc2ccccc2Cl)cc1. The fourth-order valence-corrected chi connectivity index (χ4v) is 3.06. The smallest absolute Gasteiger partial charge is 0.261 e. The van der Waals surface area contributed by atoms with Gasteiger partial charge in [0.2, 0.25) is 0 Å². The van der Waals surface area contributed by atoms with Crippen molar-refractivity contribution in [3.63, 3.8) is 0 Å². The molecule has 0 fully saturated rings. The molecule has 1 amide bonds. The monoisotopic (exact) mass is 368 g/mol. The van der Waals surface area contributed by atoms with Crippen molar-refractivity contribution in [3.05, 3.63) is 53.6 Å². The molecule has 0 aliphatic rings. The van der Waals surface area contributed by atoms with Gasteiger partial charge in [0.05, 0.1) is 15.6 Å². The maximum absolute atomic E-state index is 12.3. The van der Waals surface area contributed by atoms with Gasteiger partial charge in [0, 0.05) is 14.1 Å². The summed E-state index contributed by atoms with van der Waals surface area (Å²) >= 11 is 5.96. The fraction of sp³-hybridized carbons (Fsp3) is 0.188. The third-order valence-corrected chi connectivity index (χ3v) is 4.82. The van der Waals surface area contributed by atoms with Gasteiger partial charge in [-0.05, 0) is 36.4 Å². The van der Waals surface area contributed by atoms with Crippen LogP contribution in [0.25, 0.3) is 0 Å². The second-order valence-electron chi connectivity index (χ2n) is 5.13. The summed E-state index contributed by atoms with van der Waals surface area (Å²) in [5.41, 5.74) is 0.302. The van der Waals surface area contributed by atoms with Gasteiger partial charge < -0.3 is 9.64 Å². The molecule has 0 aliphatic carbocycles. The van der Waals surface area contributed by atoms with E-state index in [9.17, 15) is 13.2 Å². The first-order valence-electron chi connectivity index (χ1n) is 7.00. The molecule has 0 heterocycles. The number of nitrogens with one attached hydrogen (secondary N) is 1. The van der Waals surface area contributed by atoms with E-state index in [0.29, 0.717) is 16.5 Å². The van der Waals surface area contributed by atoms with Crippen LogP contribution in [0.1, 0.15) is 0 Å². The predicted molar refractivity (Wildman–Crippen MR) is 92.9 cm³/mol. The van der Waals surface area contributed by atoms with Crippen molar-refractivity contribution in [2.75, 3.05) is 25.4 Å². The summed E-state index contributed by atoms with van der Waals surface area (Å²) in [6, 6.07) is 12.3. The van der Waals surface area contributed by atoms with E-state index in [1.165, 1.54) is 29.2 Å². The minimum absolute atomic E-state index is 0.0636. The first-order chi connectivity index (χ1) is 11.3. The maximum atomic E-state index is 12.3.